The van der Waals surface area contributed by atoms with Gasteiger partial charge < -0.3 is 25.3 Å². The second-order valence-electron chi connectivity index (χ2n) is 10.4. The standard InChI is InChI=1S/C26H30FN7.C4H4O/c1-32-11-13-34(14-12-32)20-6-3-18(4-7-20)30-25-28-16-22(27)24(31-25)29-19-5-8-21-23(15-19)33(2)17-26(21)9-10-26;1-2-3-4-5/h3-8,15-16H,9-14,17H2,1-2H3,(H2,28,29,30,31);4H,1H3. The van der Waals surface area contributed by atoms with Crippen molar-refractivity contribution in [3.63, 3.8) is 0 Å². The first-order valence-electron chi connectivity index (χ1n) is 13.2. The Morgan fingerprint density at radius 3 is 2.36 bits per heavy atom. The van der Waals surface area contributed by atoms with E-state index in [4.69, 9.17) is 0 Å². The van der Waals surface area contributed by atoms with Crippen LogP contribution in [0.2, 0.25) is 0 Å². The maximum atomic E-state index is 14.5. The molecule has 0 amide bonds. The first-order valence-corrected chi connectivity index (χ1v) is 13.2. The molecular formula is C30H34FN7O. The lowest BCUT2D eigenvalue weighted by Gasteiger charge is -2.34. The molecule has 2 aromatic carbocycles. The summed E-state index contributed by atoms with van der Waals surface area (Å²) in [4.78, 5) is 24.8. The van der Waals surface area contributed by atoms with Crippen molar-refractivity contribution in [2.75, 3.05) is 67.3 Å². The van der Waals surface area contributed by atoms with Gasteiger partial charge in [0.15, 0.2) is 17.9 Å². The van der Waals surface area contributed by atoms with Crippen molar-refractivity contribution in [3.05, 3.63) is 60.0 Å². The molecule has 202 valence electrons. The van der Waals surface area contributed by atoms with Crippen LogP contribution in [-0.2, 0) is 10.2 Å². The fourth-order valence-corrected chi connectivity index (χ4v) is 5.24. The minimum Gasteiger partial charge on any atom is -0.373 e. The number of carbonyl (C=O) groups is 1. The van der Waals surface area contributed by atoms with E-state index in [9.17, 15) is 9.18 Å². The molecule has 2 N–H and O–H groups in total. The van der Waals surface area contributed by atoms with E-state index in [0.717, 1.165) is 44.1 Å². The summed E-state index contributed by atoms with van der Waals surface area (Å²) in [6, 6.07) is 14.5. The van der Waals surface area contributed by atoms with Crippen LogP contribution in [0.25, 0.3) is 0 Å². The van der Waals surface area contributed by atoms with Crippen molar-refractivity contribution in [2.45, 2.75) is 25.2 Å². The molecule has 1 aliphatic carbocycles. The number of halogens is 1. The molecule has 1 aromatic heterocycles. The molecule has 1 spiro atoms. The number of aldehydes is 1. The first kappa shape index (κ1) is 26.4. The van der Waals surface area contributed by atoms with E-state index < -0.39 is 5.82 Å². The molecule has 8 nitrogen and oxygen atoms in total. The average Bonchev–Trinajstić information content (AvgIpc) is 3.66. The molecule has 9 heteroatoms. The topological polar surface area (TPSA) is 76.6 Å². The van der Waals surface area contributed by atoms with E-state index >= 15 is 0 Å². The minimum absolute atomic E-state index is 0.160. The quantitative estimate of drug-likeness (QED) is 0.370. The number of carbonyl (C=O) groups excluding carboxylic acids is 1. The second kappa shape index (κ2) is 11.3. The van der Waals surface area contributed by atoms with Crippen molar-refractivity contribution in [1.29, 1.82) is 0 Å². The molecule has 39 heavy (non-hydrogen) atoms. The number of rotatable bonds is 5. The normalized spacial score (nSPS) is 16.9. The number of hydrogen-bond donors (Lipinski definition) is 2. The molecule has 2 fully saturated rings. The summed E-state index contributed by atoms with van der Waals surface area (Å²) in [5.74, 6) is 4.61. The third-order valence-corrected chi connectivity index (χ3v) is 7.58. The molecule has 1 saturated heterocycles. The number of nitrogens with one attached hydrogen (secondary N) is 2. The molecule has 3 aliphatic rings. The van der Waals surface area contributed by atoms with Crippen LogP contribution in [0.15, 0.2) is 48.7 Å². The van der Waals surface area contributed by atoms with Gasteiger partial charge in [-0.25, -0.2) is 9.37 Å². The van der Waals surface area contributed by atoms with E-state index in [-0.39, 0.29) is 5.82 Å². The highest BCUT2D eigenvalue weighted by atomic mass is 19.1. The van der Waals surface area contributed by atoms with Crippen LogP contribution in [0.4, 0.5) is 38.9 Å². The van der Waals surface area contributed by atoms with Gasteiger partial charge in [0.2, 0.25) is 5.95 Å². The van der Waals surface area contributed by atoms with E-state index in [1.807, 2.05) is 18.2 Å². The summed E-state index contributed by atoms with van der Waals surface area (Å²) < 4.78 is 14.5. The van der Waals surface area contributed by atoms with Crippen molar-refractivity contribution in [3.8, 4) is 11.8 Å². The predicted molar refractivity (Wildman–Crippen MR) is 155 cm³/mol. The van der Waals surface area contributed by atoms with Gasteiger partial charge in [0, 0.05) is 67.9 Å². The minimum atomic E-state index is -0.483. The lowest BCUT2D eigenvalue weighted by atomic mass is 9.98. The summed E-state index contributed by atoms with van der Waals surface area (Å²) >= 11 is 0. The van der Waals surface area contributed by atoms with Crippen LogP contribution >= 0.6 is 0 Å². The van der Waals surface area contributed by atoms with Crippen molar-refractivity contribution < 1.29 is 9.18 Å². The third kappa shape index (κ3) is 5.96. The second-order valence-corrected chi connectivity index (χ2v) is 10.4. The highest BCUT2D eigenvalue weighted by molar-refractivity contribution is 5.73. The number of benzene rings is 2. The lowest BCUT2D eigenvalue weighted by Crippen LogP contribution is -2.44. The monoisotopic (exact) mass is 527 g/mol. The fourth-order valence-electron chi connectivity index (χ4n) is 5.24. The number of aromatic nitrogens is 2. The zero-order chi connectivity index (χ0) is 27.4. The molecule has 1 saturated carbocycles. The number of hydrogen-bond acceptors (Lipinski definition) is 8. The van der Waals surface area contributed by atoms with Crippen LogP contribution in [0.5, 0.6) is 0 Å². The van der Waals surface area contributed by atoms with Crippen LogP contribution in [0.1, 0.15) is 25.3 Å². The van der Waals surface area contributed by atoms with Crippen LogP contribution in [0.3, 0.4) is 0 Å². The first-order chi connectivity index (χ1) is 18.9. The SMILES string of the molecule is CC#CC=O.CN1CCN(c2ccc(Nc3ncc(F)c(Nc4ccc5c(c4)N(C)CC54CC4)n3)cc2)CC1. The molecule has 3 heterocycles. The largest absolute Gasteiger partial charge is 0.373 e. The van der Waals surface area contributed by atoms with E-state index in [0.29, 0.717) is 17.6 Å². The average molecular weight is 528 g/mol. The third-order valence-electron chi connectivity index (χ3n) is 7.58. The van der Waals surface area contributed by atoms with Crippen LogP contribution in [-0.4, -0.2) is 68.0 Å². The zero-order valence-electron chi connectivity index (χ0n) is 22.7. The van der Waals surface area contributed by atoms with Gasteiger partial charge in [-0.3, -0.25) is 4.79 Å². The predicted octanol–water partition coefficient (Wildman–Crippen LogP) is 4.54. The smallest absolute Gasteiger partial charge is 0.229 e. The fraction of sp³-hybridized carbons (Fsp3) is 0.367. The molecule has 6 rings (SSSR count). The number of piperazine rings is 1. The van der Waals surface area contributed by atoms with Crippen LogP contribution < -0.4 is 20.4 Å². The van der Waals surface area contributed by atoms with Crippen molar-refractivity contribution in [1.82, 2.24) is 14.9 Å². The molecule has 0 unspecified atom stereocenters. The van der Waals surface area contributed by atoms with Gasteiger partial charge in [0.25, 0.3) is 0 Å². The van der Waals surface area contributed by atoms with Crippen molar-refractivity contribution >= 4 is 40.8 Å². The highest BCUT2D eigenvalue weighted by Crippen LogP contribution is 2.56. The number of anilines is 6. The molecule has 2 aliphatic heterocycles. The maximum absolute atomic E-state index is 14.5. The Labute approximate surface area is 229 Å². The number of nitrogens with zero attached hydrogens (tertiary/aromatic N) is 5. The van der Waals surface area contributed by atoms with E-state index in [2.05, 4.69) is 85.5 Å². The van der Waals surface area contributed by atoms with Gasteiger partial charge in [-0.15, -0.1) is 0 Å². The number of likely N-dealkylation sites (N-methyl/N-ethyl adjacent to an activating group) is 2. The molecular weight excluding hydrogens is 493 g/mol. The van der Waals surface area contributed by atoms with Crippen molar-refractivity contribution in [2.24, 2.45) is 0 Å². The Hall–Kier alpha value is -4.16. The Bertz CT molecular complexity index is 1390. The van der Waals surface area contributed by atoms with E-state index in [1.54, 1.807) is 6.92 Å². The van der Waals surface area contributed by atoms with Gasteiger partial charge in [0.1, 0.15) is 0 Å². The van der Waals surface area contributed by atoms with Gasteiger partial charge in [-0.2, -0.15) is 4.98 Å². The van der Waals surface area contributed by atoms with E-state index in [1.165, 1.54) is 36.0 Å². The zero-order valence-corrected chi connectivity index (χ0v) is 22.7. The Morgan fingerprint density at radius 1 is 1.00 bits per heavy atom. The molecule has 0 bridgehead atoms. The Balaban J connectivity index is 0.000000567. The summed E-state index contributed by atoms with van der Waals surface area (Å²) in [6.45, 7) is 6.88. The lowest BCUT2D eigenvalue weighted by molar-refractivity contribution is -0.103. The molecule has 3 aromatic rings. The maximum Gasteiger partial charge on any atom is 0.229 e. The van der Waals surface area contributed by atoms with Gasteiger partial charge >= 0.3 is 0 Å². The summed E-state index contributed by atoms with van der Waals surface area (Å²) in [5, 5.41) is 6.35. The summed E-state index contributed by atoms with van der Waals surface area (Å²) in [7, 11) is 4.28. The van der Waals surface area contributed by atoms with Gasteiger partial charge in [0.05, 0.1) is 6.20 Å². The Kier molecular flexibility index (Phi) is 7.66. The molecule has 0 radical (unpaired) electrons. The summed E-state index contributed by atoms with van der Waals surface area (Å²) in [6.07, 6.45) is 4.28. The summed E-state index contributed by atoms with van der Waals surface area (Å²) in [5.41, 5.74) is 5.87. The van der Waals surface area contributed by atoms with Gasteiger partial charge in [-0.1, -0.05) is 12.0 Å². The Morgan fingerprint density at radius 2 is 1.72 bits per heavy atom. The number of fused-ring (bicyclic) bond motifs is 2. The van der Waals surface area contributed by atoms with Gasteiger partial charge in [-0.05, 0) is 74.7 Å². The highest BCUT2D eigenvalue weighted by Gasteiger charge is 2.50. The molecule has 0 atom stereocenters. The van der Waals surface area contributed by atoms with Crippen LogP contribution in [0, 0.1) is 17.7 Å².